The van der Waals surface area contributed by atoms with E-state index < -0.39 is 28.0 Å². The maximum Gasteiger partial charge on any atom is 0.307 e. The van der Waals surface area contributed by atoms with Crippen LogP contribution in [0.25, 0.3) is 0 Å². The van der Waals surface area contributed by atoms with E-state index in [0.29, 0.717) is 16.3 Å². The van der Waals surface area contributed by atoms with Crippen molar-refractivity contribution in [1.82, 2.24) is 5.32 Å². The van der Waals surface area contributed by atoms with Crippen molar-refractivity contribution in [3.63, 3.8) is 0 Å². The van der Waals surface area contributed by atoms with Gasteiger partial charge in [0, 0.05) is 23.7 Å². The summed E-state index contributed by atoms with van der Waals surface area (Å²) in [6.07, 6.45) is -0.0540. The van der Waals surface area contributed by atoms with Crippen LogP contribution in [0.15, 0.2) is 53.4 Å². The zero-order valence-electron chi connectivity index (χ0n) is 17.2. The average molecular weight is 480 g/mol. The van der Waals surface area contributed by atoms with Gasteiger partial charge in [0.15, 0.2) is 0 Å². The number of hydrogen-bond donors (Lipinski definition) is 2. The van der Waals surface area contributed by atoms with Crippen LogP contribution in [0.2, 0.25) is 5.02 Å². The van der Waals surface area contributed by atoms with Gasteiger partial charge in [0.05, 0.1) is 30.4 Å². The summed E-state index contributed by atoms with van der Waals surface area (Å²) in [4.78, 5) is 38.6. The number of primary sulfonamides is 1. The van der Waals surface area contributed by atoms with E-state index in [9.17, 15) is 22.8 Å². The van der Waals surface area contributed by atoms with Gasteiger partial charge in [-0.3, -0.25) is 14.4 Å². The van der Waals surface area contributed by atoms with E-state index >= 15 is 0 Å². The number of halogens is 1. The molecule has 32 heavy (non-hydrogen) atoms. The first-order valence-corrected chi connectivity index (χ1v) is 11.6. The van der Waals surface area contributed by atoms with Crippen LogP contribution in [0.5, 0.6) is 0 Å². The molecular formula is C21H22ClN3O6S. The van der Waals surface area contributed by atoms with Gasteiger partial charge in [0.2, 0.25) is 21.8 Å². The number of carbonyl (C=O) groups is 3. The lowest BCUT2D eigenvalue weighted by molar-refractivity contribution is -0.140. The third-order valence-corrected chi connectivity index (χ3v) is 6.35. The van der Waals surface area contributed by atoms with Gasteiger partial charge in [-0.1, -0.05) is 23.7 Å². The summed E-state index contributed by atoms with van der Waals surface area (Å²) in [7, 11) is -2.63. The molecule has 0 bridgehead atoms. The van der Waals surface area contributed by atoms with Crippen molar-refractivity contribution in [3.05, 3.63) is 59.1 Å². The minimum absolute atomic E-state index is 0.00720. The standard InChI is InChI=1S/C21H22ClN3O6S/c1-31-19(27)10-11-24-21(28)17-12-18(26)25(20(17)13-2-4-14(22)5-3-13)15-6-8-16(9-7-15)32(23,29)30/h2-9,17,20H,10-12H2,1H3,(H,24,28)(H2,23,29,30)/t17-,20+/m0/s1. The molecule has 2 aromatic rings. The maximum absolute atomic E-state index is 13.0. The number of esters is 1. The Kier molecular flexibility index (Phi) is 7.17. The monoisotopic (exact) mass is 479 g/mol. The van der Waals surface area contributed by atoms with E-state index in [1.165, 1.54) is 36.3 Å². The van der Waals surface area contributed by atoms with Crippen LogP contribution in [0.4, 0.5) is 5.69 Å². The van der Waals surface area contributed by atoms with Crippen LogP contribution in [-0.4, -0.2) is 39.9 Å². The molecule has 9 nitrogen and oxygen atoms in total. The van der Waals surface area contributed by atoms with E-state index in [4.69, 9.17) is 16.7 Å². The summed E-state index contributed by atoms with van der Waals surface area (Å²) >= 11 is 6.00. The molecule has 11 heteroatoms. The maximum atomic E-state index is 13.0. The quantitative estimate of drug-likeness (QED) is 0.581. The van der Waals surface area contributed by atoms with Crippen molar-refractivity contribution in [3.8, 4) is 0 Å². The number of amides is 2. The lowest BCUT2D eigenvalue weighted by atomic mass is 9.92. The average Bonchev–Trinajstić information content (AvgIpc) is 3.10. The molecule has 1 aliphatic rings. The summed E-state index contributed by atoms with van der Waals surface area (Å²) in [5, 5.41) is 8.34. The molecule has 3 rings (SSSR count). The molecule has 0 aliphatic carbocycles. The summed E-state index contributed by atoms with van der Waals surface area (Å²) in [6, 6.07) is 11.7. The number of rotatable bonds is 7. The highest BCUT2D eigenvalue weighted by Gasteiger charge is 2.45. The minimum atomic E-state index is -3.89. The number of hydrogen-bond acceptors (Lipinski definition) is 6. The predicted molar refractivity (Wildman–Crippen MR) is 117 cm³/mol. The van der Waals surface area contributed by atoms with E-state index in [2.05, 4.69) is 10.1 Å². The number of anilines is 1. The predicted octanol–water partition coefficient (Wildman–Crippen LogP) is 1.76. The molecule has 0 saturated carbocycles. The Morgan fingerprint density at radius 3 is 2.34 bits per heavy atom. The fourth-order valence-corrected chi connectivity index (χ4v) is 4.27. The Morgan fingerprint density at radius 2 is 1.78 bits per heavy atom. The molecule has 1 saturated heterocycles. The topological polar surface area (TPSA) is 136 Å². The highest BCUT2D eigenvalue weighted by Crippen LogP contribution is 2.42. The largest absolute Gasteiger partial charge is 0.469 e. The SMILES string of the molecule is COC(=O)CCNC(=O)[C@H]1CC(=O)N(c2ccc(S(N)(=O)=O)cc2)[C@@H]1c1ccc(Cl)cc1. The molecule has 3 N–H and O–H groups in total. The summed E-state index contributed by atoms with van der Waals surface area (Å²) in [6.45, 7) is 0.0760. The Hall–Kier alpha value is -2.95. The van der Waals surface area contributed by atoms with Crippen molar-refractivity contribution in [2.45, 2.75) is 23.8 Å². The van der Waals surface area contributed by atoms with E-state index in [0.717, 1.165) is 0 Å². The van der Waals surface area contributed by atoms with Crippen molar-refractivity contribution in [2.75, 3.05) is 18.6 Å². The molecule has 2 amide bonds. The van der Waals surface area contributed by atoms with Gasteiger partial charge in [-0.05, 0) is 42.0 Å². The van der Waals surface area contributed by atoms with Gasteiger partial charge in [-0.2, -0.15) is 0 Å². The van der Waals surface area contributed by atoms with Crippen molar-refractivity contribution in [1.29, 1.82) is 0 Å². The number of methoxy groups -OCH3 is 1. The van der Waals surface area contributed by atoms with E-state index in [-0.39, 0.29) is 36.1 Å². The Bertz CT molecular complexity index is 1120. The molecule has 1 aliphatic heterocycles. The fourth-order valence-electron chi connectivity index (χ4n) is 3.63. The molecule has 2 aromatic carbocycles. The van der Waals surface area contributed by atoms with Crippen LogP contribution in [-0.2, 0) is 29.1 Å². The van der Waals surface area contributed by atoms with Crippen LogP contribution < -0.4 is 15.4 Å². The second-order valence-electron chi connectivity index (χ2n) is 7.23. The number of benzene rings is 2. The minimum Gasteiger partial charge on any atom is -0.469 e. The Labute approximate surface area is 190 Å². The molecular weight excluding hydrogens is 458 g/mol. The number of nitrogens with zero attached hydrogens (tertiary/aromatic N) is 1. The zero-order chi connectivity index (χ0) is 23.5. The molecule has 0 aromatic heterocycles. The highest BCUT2D eigenvalue weighted by atomic mass is 35.5. The van der Waals surface area contributed by atoms with Crippen LogP contribution in [0, 0.1) is 5.92 Å². The Morgan fingerprint density at radius 1 is 1.16 bits per heavy atom. The summed E-state index contributed by atoms with van der Waals surface area (Å²) < 4.78 is 27.7. The lowest BCUT2D eigenvalue weighted by Crippen LogP contribution is -2.36. The van der Waals surface area contributed by atoms with Gasteiger partial charge < -0.3 is 15.0 Å². The molecule has 1 fully saturated rings. The normalized spacial score (nSPS) is 18.5. The zero-order valence-corrected chi connectivity index (χ0v) is 18.7. The molecule has 170 valence electrons. The first kappa shape index (κ1) is 23.7. The van der Waals surface area contributed by atoms with Crippen molar-refractivity contribution < 1.29 is 27.5 Å². The Balaban J connectivity index is 1.93. The fraction of sp³-hybridized carbons (Fsp3) is 0.286. The van der Waals surface area contributed by atoms with Gasteiger partial charge in [0.25, 0.3) is 0 Å². The van der Waals surface area contributed by atoms with Crippen LogP contribution >= 0.6 is 11.6 Å². The number of nitrogens with one attached hydrogen (secondary N) is 1. The second kappa shape index (κ2) is 9.68. The summed E-state index contributed by atoms with van der Waals surface area (Å²) in [5.41, 5.74) is 1.11. The number of sulfonamides is 1. The van der Waals surface area contributed by atoms with Gasteiger partial charge in [0.1, 0.15) is 0 Å². The van der Waals surface area contributed by atoms with E-state index in [1.54, 1.807) is 24.3 Å². The lowest BCUT2D eigenvalue weighted by Gasteiger charge is -2.28. The first-order valence-electron chi connectivity index (χ1n) is 9.66. The van der Waals surface area contributed by atoms with Gasteiger partial charge in [-0.15, -0.1) is 0 Å². The van der Waals surface area contributed by atoms with Crippen LogP contribution in [0.3, 0.4) is 0 Å². The second-order valence-corrected chi connectivity index (χ2v) is 9.22. The first-order chi connectivity index (χ1) is 15.1. The third-order valence-electron chi connectivity index (χ3n) is 5.17. The summed E-state index contributed by atoms with van der Waals surface area (Å²) in [5.74, 6) is -1.88. The number of carbonyl (C=O) groups excluding carboxylic acids is 3. The smallest absolute Gasteiger partial charge is 0.307 e. The van der Waals surface area contributed by atoms with Gasteiger partial charge >= 0.3 is 5.97 Å². The molecule has 0 spiro atoms. The molecule has 0 radical (unpaired) electrons. The third kappa shape index (κ3) is 5.26. The van der Waals surface area contributed by atoms with Crippen molar-refractivity contribution in [2.24, 2.45) is 11.1 Å². The van der Waals surface area contributed by atoms with E-state index in [1.807, 2.05) is 0 Å². The van der Waals surface area contributed by atoms with Crippen molar-refractivity contribution >= 4 is 45.1 Å². The molecule has 0 unspecified atom stereocenters. The number of ether oxygens (including phenoxy) is 1. The van der Waals surface area contributed by atoms with Gasteiger partial charge in [-0.25, -0.2) is 13.6 Å². The highest BCUT2D eigenvalue weighted by molar-refractivity contribution is 7.89. The number of nitrogens with two attached hydrogens (primary N) is 1. The van der Waals surface area contributed by atoms with Crippen LogP contribution in [0.1, 0.15) is 24.4 Å². The molecule has 1 heterocycles. The molecule has 2 atom stereocenters.